The third-order valence-corrected chi connectivity index (χ3v) is 5.12. The summed E-state index contributed by atoms with van der Waals surface area (Å²) in [4.78, 5) is 27.6. The Morgan fingerprint density at radius 1 is 1.10 bits per heavy atom. The second-order valence-corrected chi connectivity index (χ2v) is 9.04. The molecule has 0 unspecified atom stereocenters. The van der Waals surface area contributed by atoms with E-state index >= 15 is 0 Å². The van der Waals surface area contributed by atoms with E-state index in [4.69, 9.17) is 27.9 Å². The zero-order valence-corrected chi connectivity index (χ0v) is 19.5. The van der Waals surface area contributed by atoms with E-state index < -0.39 is 11.6 Å². The van der Waals surface area contributed by atoms with Crippen LogP contribution in [0.15, 0.2) is 42.5 Å². The number of hydrogen-bond acceptors (Lipinski definition) is 3. The number of rotatable bonds is 7. The number of carbonyl (C=O) groups is 2. The fraction of sp³-hybridized carbons (Fsp3) is 0.391. The van der Waals surface area contributed by atoms with Gasteiger partial charge in [-0.25, -0.2) is 0 Å². The molecule has 2 amide bonds. The number of amides is 2. The van der Waals surface area contributed by atoms with Crippen LogP contribution in [0.3, 0.4) is 0 Å². The van der Waals surface area contributed by atoms with Crippen LogP contribution < -0.4 is 10.1 Å². The highest BCUT2D eigenvalue weighted by molar-refractivity contribution is 6.35. The van der Waals surface area contributed by atoms with Gasteiger partial charge in [-0.05, 0) is 63.1 Å². The van der Waals surface area contributed by atoms with E-state index in [1.165, 1.54) is 0 Å². The van der Waals surface area contributed by atoms with Crippen LogP contribution in [-0.4, -0.2) is 35.4 Å². The summed E-state index contributed by atoms with van der Waals surface area (Å²) in [7, 11) is 1.60. The lowest BCUT2D eigenvalue weighted by molar-refractivity contribution is -0.140. The molecule has 2 aromatic rings. The number of ether oxygens (including phenoxy) is 1. The lowest BCUT2D eigenvalue weighted by atomic mass is 10.1. The lowest BCUT2D eigenvalue weighted by Crippen LogP contribution is -2.52. The summed E-state index contributed by atoms with van der Waals surface area (Å²) in [5, 5.41) is 3.87. The number of hydrogen-bond donors (Lipinski definition) is 1. The van der Waals surface area contributed by atoms with Crippen LogP contribution in [0.25, 0.3) is 0 Å². The molecule has 0 spiro atoms. The Bertz CT molecular complexity index is 892. The number of nitrogens with one attached hydrogen (secondary N) is 1. The molecule has 0 aromatic heterocycles. The highest BCUT2D eigenvalue weighted by Gasteiger charge is 2.28. The van der Waals surface area contributed by atoms with Crippen molar-refractivity contribution < 1.29 is 14.3 Å². The van der Waals surface area contributed by atoms with Crippen molar-refractivity contribution in [2.75, 3.05) is 7.11 Å². The summed E-state index contributed by atoms with van der Waals surface area (Å²) < 4.78 is 5.19. The number of methoxy groups -OCH3 is 1. The maximum absolute atomic E-state index is 13.2. The van der Waals surface area contributed by atoms with Gasteiger partial charge in [0.2, 0.25) is 11.8 Å². The minimum absolute atomic E-state index is 0.0687. The molecule has 0 bridgehead atoms. The summed E-state index contributed by atoms with van der Waals surface area (Å²) in [6.45, 7) is 7.72. The average Bonchev–Trinajstić information content (AvgIpc) is 2.66. The molecular formula is C23H28Cl2N2O3. The summed E-state index contributed by atoms with van der Waals surface area (Å²) in [6, 6.07) is 11.8. The van der Waals surface area contributed by atoms with Gasteiger partial charge in [-0.15, -0.1) is 0 Å². The smallest absolute Gasteiger partial charge is 0.242 e. The van der Waals surface area contributed by atoms with Gasteiger partial charge in [0.25, 0.3) is 0 Å². The standard InChI is InChI=1S/C23H28Cl2N2O3/c1-15(22(29)26-23(2,3)4)27(14-16-6-10-19(30-5)11-7-16)21(28)12-17-8-9-18(24)13-20(17)25/h6-11,13,15H,12,14H2,1-5H3,(H,26,29)/t15-/m0/s1. The Kier molecular flexibility index (Phi) is 8.16. The number of benzene rings is 2. The van der Waals surface area contributed by atoms with Gasteiger partial charge in [-0.2, -0.15) is 0 Å². The molecule has 5 nitrogen and oxygen atoms in total. The van der Waals surface area contributed by atoms with Crippen LogP contribution in [0.5, 0.6) is 5.75 Å². The molecule has 162 valence electrons. The molecule has 0 radical (unpaired) electrons. The minimum atomic E-state index is -0.662. The molecule has 2 rings (SSSR count). The van der Waals surface area contributed by atoms with Crippen molar-refractivity contribution in [2.45, 2.75) is 52.2 Å². The van der Waals surface area contributed by atoms with Crippen LogP contribution >= 0.6 is 23.2 Å². The first-order valence-electron chi connectivity index (χ1n) is 9.68. The van der Waals surface area contributed by atoms with Crippen molar-refractivity contribution in [3.63, 3.8) is 0 Å². The first-order chi connectivity index (χ1) is 14.0. The normalized spacial score (nSPS) is 12.2. The van der Waals surface area contributed by atoms with Crippen LogP contribution in [0.1, 0.15) is 38.8 Å². The summed E-state index contributed by atoms with van der Waals surface area (Å²) in [5.41, 5.74) is 1.15. The molecule has 0 fully saturated rings. The third kappa shape index (κ3) is 6.92. The highest BCUT2D eigenvalue weighted by Crippen LogP contribution is 2.23. The molecule has 0 saturated heterocycles. The Morgan fingerprint density at radius 2 is 1.73 bits per heavy atom. The van der Waals surface area contributed by atoms with Gasteiger partial charge in [-0.3, -0.25) is 9.59 Å². The van der Waals surface area contributed by atoms with Crippen LogP contribution in [0, 0.1) is 0 Å². The monoisotopic (exact) mass is 450 g/mol. The first-order valence-corrected chi connectivity index (χ1v) is 10.4. The molecule has 0 aliphatic carbocycles. The fourth-order valence-electron chi connectivity index (χ4n) is 2.91. The van der Waals surface area contributed by atoms with Crippen LogP contribution in [0.4, 0.5) is 0 Å². The molecule has 0 heterocycles. The molecule has 7 heteroatoms. The first kappa shape index (κ1) is 24.0. The second kappa shape index (κ2) is 10.2. The molecule has 0 saturated carbocycles. The maximum atomic E-state index is 13.2. The third-order valence-electron chi connectivity index (χ3n) is 4.53. The topological polar surface area (TPSA) is 58.6 Å². The molecule has 30 heavy (non-hydrogen) atoms. The maximum Gasteiger partial charge on any atom is 0.242 e. The second-order valence-electron chi connectivity index (χ2n) is 8.20. The molecule has 2 aromatic carbocycles. The molecule has 0 aliphatic rings. The number of halogens is 2. The Hall–Kier alpha value is -2.24. The Balaban J connectivity index is 2.28. The average molecular weight is 451 g/mol. The quantitative estimate of drug-likeness (QED) is 0.653. The van der Waals surface area contributed by atoms with E-state index in [1.54, 1.807) is 37.1 Å². The van der Waals surface area contributed by atoms with Crippen LogP contribution in [-0.2, 0) is 22.6 Å². The molecule has 0 aliphatic heterocycles. The molecule has 1 N–H and O–H groups in total. The van der Waals surface area contributed by atoms with Gasteiger partial charge in [-0.1, -0.05) is 41.4 Å². The van der Waals surface area contributed by atoms with Gasteiger partial charge in [0.15, 0.2) is 0 Å². The van der Waals surface area contributed by atoms with Gasteiger partial charge in [0.1, 0.15) is 11.8 Å². The van der Waals surface area contributed by atoms with E-state index in [1.807, 2.05) is 45.0 Å². The summed E-state index contributed by atoms with van der Waals surface area (Å²) in [5.74, 6) is 0.307. The molecule has 1 atom stereocenters. The van der Waals surface area contributed by atoms with Crippen molar-refractivity contribution in [3.05, 3.63) is 63.6 Å². The van der Waals surface area contributed by atoms with Crippen molar-refractivity contribution in [1.29, 1.82) is 0 Å². The van der Waals surface area contributed by atoms with Crippen molar-refractivity contribution in [1.82, 2.24) is 10.2 Å². The zero-order valence-electron chi connectivity index (χ0n) is 18.0. The summed E-state index contributed by atoms with van der Waals surface area (Å²) in [6.07, 6.45) is 0.0687. The fourth-order valence-corrected chi connectivity index (χ4v) is 3.39. The Morgan fingerprint density at radius 3 is 2.27 bits per heavy atom. The predicted octanol–water partition coefficient (Wildman–Crippen LogP) is 4.88. The Labute approximate surface area is 188 Å². The zero-order chi connectivity index (χ0) is 22.5. The van der Waals surface area contributed by atoms with E-state index in [0.29, 0.717) is 15.6 Å². The van der Waals surface area contributed by atoms with Gasteiger partial charge in [0.05, 0.1) is 13.5 Å². The van der Waals surface area contributed by atoms with Crippen molar-refractivity contribution in [2.24, 2.45) is 0 Å². The van der Waals surface area contributed by atoms with Crippen molar-refractivity contribution >= 4 is 35.0 Å². The van der Waals surface area contributed by atoms with Crippen molar-refractivity contribution in [3.8, 4) is 5.75 Å². The highest BCUT2D eigenvalue weighted by atomic mass is 35.5. The van der Waals surface area contributed by atoms with E-state index in [2.05, 4.69) is 5.32 Å². The van der Waals surface area contributed by atoms with E-state index in [0.717, 1.165) is 11.3 Å². The van der Waals surface area contributed by atoms with Gasteiger partial charge < -0.3 is 15.0 Å². The largest absolute Gasteiger partial charge is 0.497 e. The summed E-state index contributed by atoms with van der Waals surface area (Å²) >= 11 is 12.2. The number of carbonyl (C=O) groups excluding carboxylic acids is 2. The van der Waals surface area contributed by atoms with Crippen LogP contribution in [0.2, 0.25) is 10.0 Å². The van der Waals surface area contributed by atoms with E-state index in [-0.39, 0.29) is 24.8 Å². The van der Waals surface area contributed by atoms with Gasteiger partial charge in [0, 0.05) is 22.1 Å². The number of nitrogens with zero attached hydrogens (tertiary/aromatic N) is 1. The lowest BCUT2D eigenvalue weighted by Gasteiger charge is -2.31. The SMILES string of the molecule is COc1ccc(CN(C(=O)Cc2ccc(Cl)cc2Cl)[C@@H](C)C(=O)NC(C)(C)C)cc1. The van der Waals surface area contributed by atoms with E-state index in [9.17, 15) is 9.59 Å². The van der Waals surface area contributed by atoms with Gasteiger partial charge >= 0.3 is 0 Å². The predicted molar refractivity (Wildman–Crippen MR) is 121 cm³/mol. The minimum Gasteiger partial charge on any atom is -0.497 e. The molecular weight excluding hydrogens is 423 g/mol.